The maximum Gasteiger partial charge on any atom is 0.417 e. The maximum atomic E-state index is 12.3. The quantitative estimate of drug-likeness (QED) is 0.873. The van der Waals surface area contributed by atoms with Crippen LogP contribution in [0.3, 0.4) is 0 Å². The summed E-state index contributed by atoms with van der Waals surface area (Å²) >= 11 is 1.13. The number of aromatic carboxylic acids is 1. The standard InChI is InChI=1S/C12H8F3NO3S/c13-12(14,15)8-1-2-9(16-5-8)20-6-7-3-4-19-10(7)11(17)18/h1-5H,6H2,(H,17,18). The highest BCUT2D eigenvalue weighted by Gasteiger charge is 2.30. The minimum absolute atomic E-state index is 0.176. The summed E-state index contributed by atoms with van der Waals surface area (Å²) in [5, 5.41) is 9.20. The molecular weight excluding hydrogens is 295 g/mol. The van der Waals surface area contributed by atoms with E-state index < -0.39 is 17.7 Å². The van der Waals surface area contributed by atoms with Gasteiger partial charge in [0, 0.05) is 17.5 Å². The molecule has 0 unspecified atom stereocenters. The van der Waals surface area contributed by atoms with Gasteiger partial charge in [-0.05, 0) is 18.2 Å². The predicted octanol–water partition coefficient (Wildman–Crippen LogP) is 3.68. The predicted molar refractivity (Wildman–Crippen MR) is 64.5 cm³/mol. The lowest BCUT2D eigenvalue weighted by atomic mass is 10.3. The molecule has 0 spiro atoms. The van der Waals surface area contributed by atoms with Crippen molar-refractivity contribution in [2.45, 2.75) is 17.0 Å². The summed E-state index contributed by atoms with van der Waals surface area (Å²) in [6.07, 6.45) is -2.42. The number of furan rings is 1. The summed E-state index contributed by atoms with van der Waals surface area (Å²) < 4.78 is 41.8. The van der Waals surface area contributed by atoms with Crippen LogP contribution in [-0.4, -0.2) is 16.1 Å². The number of alkyl halides is 3. The smallest absolute Gasteiger partial charge is 0.417 e. The summed E-state index contributed by atoms with van der Waals surface area (Å²) in [4.78, 5) is 14.5. The molecule has 106 valence electrons. The molecule has 0 bridgehead atoms. The van der Waals surface area contributed by atoms with Crippen LogP contribution in [0.15, 0.2) is 40.1 Å². The van der Waals surface area contributed by atoms with Crippen LogP contribution in [0.25, 0.3) is 0 Å². The molecule has 2 rings (SSSR count). The van der Waals surface area contributed by atoms with Crippen molar-refractivity contribution in [2.75, 3.05) is 0 Å². The Balaban J connectivity index is 2.04. The first-order valence-corrected chi connectivity index (χ1v) is 6.32. The minimum Gasteiger partial charge on any atom is -0.475 e. The highest BCUT2D eigenvalue weighted by atomic mass is 32.2. The second-order valence-corrected chi connectivity index (χ2v) is 4.75. The molecule has 0 saturated carbocycles. The van der Waals surface area contributed by atoms with Gasteiger partial charge < -0.3 is 9.52 Å². The van der Waals surface area contributed by atoms with Gasteiger partial charge in [-0.2, -0.15) is 13.2 Å². The number of thioether (sulfide) groups is 1. The van der Waals surface area contributed by atoms with Gasteiger partial charge in [0.1, 0.15) is 0 Å². The van der Waals surface area contributed by atoms with Crippen LogP contribution < -0.4 is 0 Å². The molecule has 0 saturated heterocycles. The van der Waals surface area contributed by atoms with Crippen molar-refractivity contribution >= 4 is 17.7 Å². The fourth-order valence-electron chi connectivity index (χ4n) is 1.42. The van der Waals surface area contributed by atoms with Gasteiger partial charge in [-0.25, -0.2) is 9.78 Å². The molecule has 0 aromatic carbocycles. The summed E-state index contributed by atoms with van der Waals surface area (Å²) in [5.41, 5.74) is -0.374. The molecule has 1 N–H and O–H groups in total. The highest BCUT2D eigenvalue weighted by Crippen LogP contribution is 2.30. The van der Waals surface area contributed by atoms with Crippen LogP contribution >= 0.6 is 11.8 Å². The number of carbonyl (C=O) groups is 1. The molecule has 0 radical (unpaired) electrons. The number of hydrogen-bond acceptors (Lipinski definition) is 4. The molecule has 0 aliphatic heterocycles. The van der Waals surface area contributed by atoms with E-state index in [2.05, 4.69) is 4.98 Å². The van der Waals surface area contributed by atoms with Gasteiger partial charge in [-0.1, -0.05) is 0 Å². The first-order valence-electron chi connectivity index (χ1n) is 5.33. The van der Waals surface area contributed by atoms with Crippen LogP contribution in [0.5, 0.6) is 0 Å². The third-order valence-corrected chi connectivity index (χ3v) is 3.37. The fraction of sp³-hybridized carbons (Fsp3) is 0.167. The van der Waals surface area contributed by atoms with Gasteiger partial charge >= 0.3 is 12.1 Å². The Kier molecular flexibility index (Phi) is 4.03. The number of halogens is 3. The van der Waals surface area contributed by atoms with E-state index in [0.717, 1.165) is 24.0 Å². The molecule has 2 aromatic heterocycles. The van der Waals surface area contributed by atoms with Gasteiger partial charge in [0.25, 0.3) is 0 Å². The molecule has 0 amide bonds. The maximum absolute atomic E-state index is 12.3. The molecule has 0 fully saturated rings. The first kappa shape index (κ1) is 14.4. The lowest BCUT2D eigenvalue weighted by Gasteiger charge is -2.06. The molecule has 2 heterocycles. The lowest BCUT2D eigenvalue weighted by Crippen LogP contribution is -2.05. The van der Waals surface area contributed by atoms with Crippen molar-refractivity contribution < 1.29 is 27.5 Å². The Hall–Kier alpha value is -1.96. The molecule has 0 atom stereocenters. The van der Waals surface area contributed by atoms with Crippen LogP contribution in [-0.2, 0) is 11.9 Å². The zero-order valence-corrected chi connectivity index (χ0v) is 10.7. The van der Waals surface area contributed by atoms with Gasteiger partial charge in [0.15, 0.2) is 0 Å². The SMILES string of the molecule is O=C(O)c1occc1CSc1ccc(C(F)(F)F)cn1. The second-order valence-electron chi connectivity index (χ2n) is 3.75. The number of carboxylic acid groups (broad SMARTS) is 1. The molecule has 20 heavy (non-hydrogen) atoms. The molecular formula is C12H8F3NO3S. The number of pyridine rings is 1. The van der Waals surface area contributed by atoms with Crippen LogP contribution in [0, 0.1) is 0 Å². The van der Waals surface area contributed by atoms with Crippen molar-refractivity contribution in [1.29, 1.82) is 0 Å². The third kappa shape index (κ3) is 3.32. The monoisotopic (exact) mass is 303 g/mol. The van der Waals surface area contributed by atoms with Gasteiger partial charge in [-0.15, -0.1) is 11.8 Å². The number of rotatable bonds is 4. The van der Waals surface area contributed by atoms with E-state index >= 15 is 0 Å². The zero-order chi connectivity index (χ0) is 14.8. The van der Waals surface area contributed by atoms with Gasteiger partial charge in [0.05, 0.1) is 16.9 Å². The average Bonchev–Trinajstić information content (AvgIpc) is 2.84. The number of hydrogen-bond donors (Lipinski definition) is 1. The zero-order valence-electron chi connectivity index (χ0n) is 9.85. The summed E-state index contributed by atoms with van der Waals surface area (Å²) in [5.74, 6) is -1.12. The minimum atomic E-state index is -4.42. The van der Waals surface area contributed by atoms with E-state index in [9.17, 15) is 18.0 Å². The Morgan fingerprint density at radius 2 is 2.10 bits per heavy atom. The second kappa shape index (κ2) is 5.58. The summed E-state index contributed by atoms with van der Waals surface area (Å²) in [7, 11) is 0. The van der Waals surface area contributed by atoms with E-state index in [4.69, 9.17) is 9.52 Å². The average molecular weight is 303 g/mol. The fourth-order valence-corrected chi connectivity index (χ4v) is 2.24. The Labute approximate surface area is 115 Å². The van der Waals surface area contributed by atoms with Gasteiger partial charge in [-0.3, -0.25) is 0 Å². The molecule has 4 nitrogen and oxygen atoms in total. The molecule has 0 aliphatic rings. The van der Waals surface area contributed by atoms with E-state index in [1.807, 2.05) is 0 Å². The van der Waals surface area contributed by atoms with Gasteiger partial charge in [0.2, 0.25) is 5.76 Å². The van der Waals surface area contributed by atoms with Crippen LogP contribution in [0.1, 0.15) is 21.7 Å². The highest BCUT2D eigenvalue weighted by molar-refractivity contribution is 7.98. The Bertz CT molecular complexity index is 607. The Morgan fingerprint density at radius 1 is 1.35 bits per heavy atom. The first-order chi connectivity index (χ1) is 9.38. The topological polar surface area (TPSA) is 63.3 Å². The molecule has 8 heteroatoms. The van der Waals surface area contributed by atoms with Crippen LogP contribution in [0.2, 0.25) is 0 Å². The van der Waals surface area contributed by atoms with Crippen LogP contribution in [0.4, 0.5) is 13.2 Å². The summed E-state index contributed by atoms with van der Waals surface area (Å²) in [6, 6.07) is 3.68. The van der Waals surface area contributed by atoms with Crippen molar-refractivity contribution in [3.8, 4) is 0 Å². The largest absolute Gasteiger partial charge is 0.475 e. The number of aromatic nitrogens is 1. The van der Waals surface area contributed by atoms with E-state index in [-0.39, 0.29) is 11.5 Å². The molecule has 0 aliphatic carbocycles. The normalized spacial score (nSPS) is 11.6. The van der Waals surface area contributed by atoms with E-state index in [1.165, 1.54) is 18.4 Å². The lowest BCUT2D eigenvalue weighted by molar-refractivity contribution is -0.137. The van der Waals surface area contributed by atoms with E-state index in [0.29, 0.717) is 10.6 Å². The summed E-state index contributed by atoms with van der Waals surface area (Å²) in [6.45, 7) is 0. The number of carboxylic acids is 1. The third-order valence-electron chi connectivity index (χ3n) is 2.38. The van der Waals surface area contributed by atoms with Crippen molar-refractivity contribution in [2.24, 2.45) is 0 Å². The van der Waals surface area contributed by atoms with Crippen molar-refractivity contribution in [3.05, 3.63) is 47.5 Å². The molecule has 2 aromatic rings. The van der Waals surface area contributed by atoms with Crippen molar-refractivity contribution in [3.63, 3.8) is 0 Å². The van der Waals surface area contributed by atoms with Crippen molar-refractivity contribution in [1.82, 2.24) is 4.98 Å². The Morgan fingerprint density at radius 3 is 2.65 bits per heavy atom. The number of nitrogens with zero attached hydrogens (tertiary/aromatic N) is 1. The van der Waals surface area contributed by atoms with E-state index in [1.54, 1.807) is 0 Å².